The highest BCUT2D eigenvalue weighted by molar-refractivity contribution is 8.00. The molecule has 5 rings (SSSR count). The van der Waals surface area contributed by atoms with Crippen molar-refractivity contribution in [2.45, 2.75) is 42.8 Å². The lowest BCUT2D eigenvalue weighted by molar-refractivity contribution is -0.132. The van der Waals surface area contributed by atoms with Gasteiger partial charge in [-0.3, -0.25) is 14.5 Å². The molecule has 0 saturated carbocycles. The first-order valence-electron chi connectivity index (χ1n) is 13.2. The largest absolute Gasteiger partial charge is 0.507 e. The number of aliphatic hydroxyl groups is 1. The van der Waals surface area contributed by atoms with Gasteiger partial charge in [-0.15, -0.1) is 10.2 Å². The van der Waals surface area contributed by atoms with E-state index in [-0.39, 0.29) is 16.5 Å². The molecule has 1 aromatic heterocycles. The molecule has 1 unspecified atom stereocenters. The van der Waals surface area contributed by atoms with Crippen LogP contribution in [0.1, 0.15) is 48.6 Å². The first kappa shape index (κ1) is 28.9. The maximum atomic E-state index is 13.5. The molecule has 0 aliphatic carbocycles. The molecule has 210 valence electrons. The summed E-state index contributed by atoms with van der Waals surface area (Å²) in [6.07, 6.45) is 1.71. The first-order chi connectivity index (χ1) is 19.9. The van der Waals surface area contributed by atoms with Crippen LogP contribution in [0.3, 0.4) is 0 Å². The predicted molar refractivity (Wildman–Crippen MR) is 164 cm³/mol. The summed E-state index contributed by atoms with van der Waals surface area (Å²) >= 11 is 8.96. The maximum Gasteiger partial charge on any atom is 0.301 e. The number of benzene rings is 3. The smallest absolute Gasteiger partial charge is 0.301 e. The van der Waals surface area contributed by atoms with E-state index in [1.807, 2.05) is 55.5 Å². The van der Waals surface area contributed by atoms with Crippen molar-refractivity contribution in [1.82, 2.24) is 10.2 Å². The van der Waals surface area contributed by atoms with Crippen molar-refractivity contribution in [3.63, 3.8) is 0 Å². The summed E-state index contributed by atoms with van der Waals surface area (Å²) in [4.78, 5) is 28.3. The Labute approximate surface area is 251 Å². The lowest BCUT2D eigenvalue weighted by Crippen LogP contribution is -2.29. The van der Waals surface area contributed by atoms with Gasteiger partial charge in [-0.2, -0.15) is 0 Å². The van der Waals surface area contributed by atoms with Gasteiger partial charge in [0.2, 0.25) is 5.13 Å². The lowest BCUT2D eigenvalue weighted by atomic mass is 9.94. The van der Waals surface area contributed by atoms with Gasteiger partial charge in [0.25, 0.3) is 5.78 Å². The van der Waals surface area contributed by atoms with E-state index in [0.29, 0.717) is 38.6 Å². The van der Waals surface area contributed by atoms with Crippen LogP contribution in [0, 0.1) is 0 Å². The molecule has 0 bridgehead atoms. The number of carbonyl (C=O) groups excluding carboxylic acids is 2. The number of halogens is 1. The van der Waals surface area contributed by atoms with Crippen LogP contribution in [0.25, 0.3) is 5.76 Å². The van der Waals surface area contributed by atoms with Gasteiger partial charge < -0.3 is 9.84 Å². The molecule has 3 aromatic carbocycles. The molecule has 0 radical (unpaired) electrons. The minimum atomic E-state index is -0.869. The molecule has 1 atom stereocenters. The van der Waals surface area contributed by atoms with Crippen LogP contribution in [0.5, 0.6) is 5.75 Å². The van der Waals surface area contributed by atoms with Crippen molar-refractivity contribution in [3.8, 4) is 5.75 Å². The molecule has 1 aliphatic heterocycles. The second-order valence-electron chi connectivity index (χ2n) is 9.37. The lowest BCUT2D eigenvalue weighted by Gasteiger charge is -2.22. The number of carbonyl (C=O) groups is 2. The Morgan fingerprint density at radius 1 is 1.02 bits per heavy atom. The number of anilines is 1. The Kier molecular flexibility index (Phi) is 9.07. The number of rotatable bonds is 10. The van der Waals surface area contributed by atoms with E-state index >= 15 is 0 Å². The SMILES string of the molecule is CCCOc1ccc(/C(O)=C2/C(=O)C(=O)N(c3nnc(SCc4ccccc4Cl)s3)C2c2ccc(CC)cc2)cc1. The Hall–Kier alpha value is -3.66. The average Bonchev–Trinajstić information content (AvgIpc) is 3.57. The van der Waals surface area contributed by atoms with E-state index in [0.717, 1.165) is 24.0 Å². The third kappa shape index (κ3) is 6.17. The van der Waals surface area contributed by atoms with Crippen LogP contribution in [0.15, 0.2) is 82.7 Å². The molecule has 1 saturated heterocycles. The summed E-state index contributed by atoms with van der Waals surface area (Å²) in [5, 5.41) is 20.9. The molecule has 2 heterocycles. The average molecular weight is 606 g/mol. The van der Waals surface area contributed by atoms with Crippen molar-refractivity contribution in [1.29, 1.82) is 0 Å². The van der Waals surface area contributed by atoms with Crippen LogP contribution < -0.4 is 9.64 Å². The number of Topliss-reactive ketones (excluding diaryl/α,β-unsaturated/α-hetero) is 1. The van der Waals surface area contributed by atoms with Crippen molar-refractivity contribution >= 4 is 57.3 Å². The highest BCUT2D eigenvalue weighted by Crippen LogP contribution is 2.44. The standard InChI is InChI=1S/C31H28ClN3O4S2/c1-3-17-39-23-15-13-21(14-16-23)27(36)25-26(20-11-9-19(4-2)10-12-20)35(29(38)28(25)37)30-33-34-31(41-30)40-18-22-7-5-6-8-24(22)32/h5-16,26,36H,3-4,17-18H2,1-2H3/b27-25-. The number of hydrogen-bond donors (Lipinski definition) is 1. The second kappa shape index (κ2) is 12.9. The fraction of sp³-hybridized carbons (Fsp3) is 0.226. The van der Waals surface area contributed by atoms with Crippen LogP contribution in [-0.4, -0.2) is 33.6 Å². The van der Waals surface area contributed by atoms with Gasteiger partial charge in [0.05, 0.1) is 18.2 Å². The monoisotopic (exact) mass is 605 g/mol. The molecule has 1 N–H and O–H groups in total. The molecule has 1 fully saturated rings. The fourth-order valence-corrected chi connectivity index (χ4v) is 6.63. The number of aromatic nitrogens is 2. The molecule has 4 aromatic rings. The van der Waals surface area contributed by atoms with Gasteiger partial charge in [-0.05, 0) is 59.9 Å². The fourth-order valence-electron chi connectivity index (χ4n) is 4.48. The third-order valence-corrected chi connectivity index (χ3v) is 9.13. The molecule has 41 heavy (non-hydrogen) atoms. The predicted octanol–water partition coefficient (Wildman–Crippen LogP) is 7.46. The van der Waals surface area contributed by atoms with Gasteiger partial charge in [0, 0.05) is 16.3 Å². The normalized spacial score (nSPS) is 16.4. The number of ketones is 1. The molecule has 10 heteroatoms. The van der Waals surface area contributed by atoms with E-state index in [1.165, 1.54) is 28.0 Å². The number of hydrogen-bond acceptors (Lipinski definition) is 8. The first-order valence-corrected chi connectivity index (χ1v) is 15.4. The van der Waals surface area contributed by atoms with Crippen LogP contribution in [-0.2, 0) is 21.8 Å². The van der Waals surface area contributed by atoms with Crippen LogP contribution >= 0.6 is 34.7 Å². The number of ether oxygens (including phenoxy) is 1. The zero-order valence-electron chi connectivity index (χ0n) is 22.5. The van der Waals surface area contributed by atoms with Gasteiger partial charge >= 0.3 is 5.91 Å². The second-order valence-corrected chi connectivity index (χ2v) is 12.0. The van der Waals surface area contributed by atoms with Crippen molar-refractivity contribution in [2.75, 3.05) is 11.5 Å². The summed E-state index contributed by atoms with van der Waals surface area (Å²) in [6, 6.07) is 21.2. The number of nitrogens with zero attached hydrogens (tertiary/aromatic N) is 3. The maximum absolute atomic E-state index is 13.5. The van der Waals surface area contributed by atoms with Crippen LogP contribution in [0.2, 0.25) is 5.02 Å². The van der Waals surface area contributed by atoms with Crippen molar-refractivity contribution < 1.29 is 19.4 Å². The topological polar surface area (TPSA) is 92.6 Å². The molecule has 1 amide bonds. The van der Waals surface area contributed by atoms with E-state index in [4.69, 9.17) is 16.3 Å². The molecule has 1 aliphatic rings. The Balaban J connectivity index is 1.51. The van der Waals surface area contributed by atoms with E-state index in [1.54, 1.807) is 24.3 Å². The molecular weight excluding hydrogens is 578 g/mol. The van der Waals surface area contributed by atoms with E-state index in [9.17, 15) is 14.7 Å². The Bertz CT molecular complexity index is 1590. The zero-order chi connectivity index (χ0) is 28.9. The summed E-state index contributed by atoms with van der Waals surface area (Å²) in [5.41, 5.74) is 3.17. The highest BCUT2D eigenvalue weighted by Gasteiger charge is 2.48. The number of thioether (sulfide) groups is 1. The summed E-state index contributed by atoms with van der Waals surface area (Å²) in [5.74, 6) is -0.564. The van der Waals surface area contributed by atoms with Gasteiger partial charge in [0.1, 0.15) is 11.5 Å². The van der Waals surface area contributed by atoms with E-state index < -0.39 is 17.7 Å². The summed E-state index contributed by atoms with van der Waals surface area (Å²) in [6.45, 7) is 4.65. The van der Waals surface area contributed by atoms with Gasteiger partial charge in [-0.1, -0.05) is 91.0 Å². The minimum Gasteiger partial charge on any atom is -0.507 e. The third-order valence-electron chi connectivity index (χ3n) is 6.66. The number of amides is 1. The quantitative estimate of drug-likeness (QED) is 0.0659. The zero-order valence-corrected chi connectivity index (χ0v) is 24.9. The van der Waals surface area contributed by atoms with Crippen molar-refractivity contribution in [2.24, 2.45) is 0 Å². The molecular formula is C31H28ClN3O4S2. The van der Waals surface area contributed by atoms with E-state index in [2.05, 4.69) is 17.1 Å². The summed E-state index contributed by atoms with van der Waals surface area (Å²) in [7, 11) is 0. The molecule has 7 nitrogen and oxygen atoms in total. The Morgan fingerprint density at radius 3 is 2.44 bits per heavy atom. The molecule has 0 spiro atoms. The van der Waals surface area contributed by atoms with Crippen molar-refractivity contribution in [3.05, 3.63) is 106 Å². The minimum absolute atomic E-state index is 0.00180. The van der Waals surface area contributed by atoms with Gasteiger partial charge in [-0.25, -0.2) is 0 Å². The highest BCUT2D eigenvalue weighted by atomic mass is 35.5. The number of aryl methyl sites for hydroxylation is 1. The number of aliphatic hydroxyl groups excluding tert-OH is 1. The Morgan fingerprint density at radius 2 is 1.76 bits per heavy atom. The van der Waals surface area contributed by atoms with Gasteiger partial charge in [0.15, 0.2) is 4.34 Å². The summed E-state index contributed by atoms with van der Waals surface area (Å²) < 4.78 is 6.28. The van der Waals surface area contributed by atoms with Crippen LogP contribution in [0.4, 0.5) is 5.13 Å².